The molecule has 3 aromatic heterocycles. The number of carbonyl (C=O) groups is 1. The van der Waals surface area contributed by atoms with Crippen LogP contribution in [-0.2, 0) is 14.6 Å². The van der Waals surface area contributed by atoms with Gasteiger partial charge >= 0.3 is 6.09 Å². The van der Waals surface area contributed by atoms with Gasteiger partial charge in [0.05, 0.1) is 31.0 Å². The van der Waals surface area contributed by atoms with Gasteiger partial charge in [0.2, 0.25) is 5.95 Å². The zero-order chi connectivity index (χ0) is 28.7. The molecule has 0 bridgehead atoms. The van der Waals surface area contributed by atoms with Crippen molar-refractivity contribution in [3.63, 3.8) is 0 Å². The van der Waals surface area contributed by atoms with Crippen molar-refractivity contribution < 1.29 is 27.1 Å². The first-order valence-corrected chi connectivity index (χ1v) is 14.9. The van der Waals surface area contributed by atoms with Crippen LogP contribution in [0.3, 0.4) is 0 Å². The lowest BCUT2D eigenvalue weighted by Gasteiger charge is -2.34. The quantitative estimate of drug-likeness (QED) is 0.478. The summed E-state index contributed by atoms with van der Waals surface area (Å²) in [6.45, 7) is 6.98. The highest BCUT2D eigenvalue weighted by molar-refractivity contribution is 7.91. The number of aromatic nitrogens is 5. The Balaban J connectivity index is 1.40. The van der Waals surface area contributed by atoms with Crippen molar-refractivity contribution >= 4 is 33.3 Å². The van der Waals surface area contributed by atoms with Crippen LogP contribution in [0, 0.1) is 5.82 Å². The highest BCUT2D eigenvalue weighted by Gasteiger charge is 2.29. The molecule has 1 unspecified atom stereocenters. The van der Waals surface area contributed by atoms with Gasteiger partial charge in [0.1, 0.15) is 17.0 Å². The number of carbonyl (C=O) groups excluding carboxylic acids is 1. The third-order valence-electron chi connectivity index (χ3n) is 6.70. The highest BCUT2D eigenvalue weighted by Crippen LogP contribution is 2.31. The number of piperidine rings is 1. The molecule has 2 fully saturated rings. The normalized spacial score (nSPS) is 19.5. The molecule has 1 atom stereocenters. The van der Waals surface area contributed by atoms with Gasteiger partial charge in [-0.25, -0.2) is 37.1 Å². The van der Waals surface area contributed by atoms with Gasteiger partial charge < -0.3 is 24.6 Å². The lowest BCUT2D eigenvalue weighted by Crippen LogP contribution is -2.47. The van der Waals surface area contributed by atoms with Crippen molar-refractivity contribution in [3.05, 3.63) is 24.3 Å². The standard InChI is InChI=1S/C25H33FN8O5S/c1-25(2,3)39-24(35)33-7-5-6-16(15-33)29-23-28-13-17(26)21(30-23)18-14-27-20-12-19(38-4)22(31-34(18)20)32-8-10-40(36,37)11-9-32/h12-14,16H,5-11,15H2,1-4H3,(H,28,29,30). The number of hydrogen-bond acceptors (Lipinski definition) is 11. The summed E-state index contributed by atoms with van der Waals surface area (Å²) in [7, 11) is -1.60. The van der Waals surface area contributed by atoms with Crippen molar-refractivity contribution in [1.82, 2.24) is 29.5 Å². The van der Waals surface area contributed by atoms with Gasteiger partial charge in [-0.2, -0.15) is 0 Å². The molecule has 13 nitrogen and oxygen atoms in total. The first kappa shape index (κ1) is 27.8. The number of amides is 1. The molecule has 5 heterocycles. The molecule has 0 spiro atoms. The third-order valence-corrected chi connectivity index (χ3v) is 8.31. The summed E-state index contributed by atoms with van der Waals surface area (Å²) >= 11 is 0. The van der Waals surface area contributed by atoms with Gasteiger partial charge in [0.15, 0.2) is 32.9 Å². The van der Waals surface area contributed by atoms with Crippen LogP contribution in [0.4, 0.5) is 21.0 Å². The molecular formula is C25H33FN8O5S. The molecule has 0 aromatic carbocycles. The average Bonchev–Trinajstić information content (AvgIpc) is 3.31. The summed E-state index contributed by atoms with van der Waals surface area (Å²) in [5, 5.41) is 7.88. The molecule has 3 aromatic rings. The summed E-state index contributed by atoms with van der Waals surface area (Å²) in [6, 6.07) is 1.52. The maximum absolute atomic E-state index is 15.1. The van der Waals surface area contributed by atoms with Crippen molar-refractivity contribution in [2.24, 2.45) is 0 Å². The number of imidazole rings is 1. The minimum atomic E-state index is -3.10. The Labute approximate surface area is 231 Å². The van der Waals surface area contributed by atoms with Crippen LogP contribution in [0.25, 0.3) is 17.0 Å². The lowest BCUT2D eigenvalue weighted by molar-refractivity contribution is 0.0206. The van der Waals surface area contributed by atoms with E-state index in [1.54, 1.807) is 11.0 Å². The second-order valence-electron chi connectivity index (χ2n) is 10.9. The first-order chi connectivity index (χ1) is 18.9. The number of methoxy groups -OCH3 is 1. The van der Waals surface area contributed by atoms with Gasteiger partial charge in [-0.1, -0.05) is 0 Å². The Hall–Kier alpha value is -3.75. The van der Waals surface area contributed by atoms with Crippen LogP contribution in [0.1, 0.15) is 33.6 Å². The largest absolute Gasteiger partial charge is 0.493 e. The number of hydrogen-bond donors (Lipinski definition) is 1. The maximum Gasteiger partial charge on any atom is 0.410 e. The summed E-state index contributed by atoms with van der Waals surface area (Å²) in [5.74, 6) is 0.429. The van der Waals surface area contributed by atoms with Gasteiger partial charge in [0.25, 0.3) is 0 Å². The van der Waals surface area contributed by atoms with Crippen molar-refractivity contribution in [2.45, 2.75) is 45.3 Å². The molecule has 0 aliphatic carbocycles. The van der Waals surface area contributed by atoms with Crippen LogP contribution in [0.2, 0.25) is 0 Å². The van der Waals surface area contributed by atoms with Crippen LogP contribution in [0.15, 0.2) is 18.5 Å². The van der Waals surface area contributed by atoms with E-state index < -0.39 is 21.3 Å². The molecule has 1 amide bonds. The van der Waals surface area contributed by atoms with E-state index >= 15 is 4.39 Å². The Bertz CT molecular complexity index is 1510. The van der Waals surface area contributed by atoms with E-state index in [1.807, 2.05) is 25.7 Å². The number of rotatable bonds is 5. The predicted octanol–water partition coefficient (Wildman–Crippen LogP) is 2.38. The Morgan fingerprint density at radius 1 is 1.15 bits per heavy atom. The van der Waals surface area contributed by atoms with E-state index in [2.05, 4.69) is 25.4 Å². The topological polar surface area (TPSA) is 144 Å². The molecular weight excluding hydrogens is 543 g/mol. The molecule has 216 valence electrons. The van der Waals surface area contributed by atoms with E-state index in [0.29, 0.717) is 36.0 Å². The van der Waals surface area contributed by atoms with E-state index in [-0.39, 0.29) is 48.4 Å². The van der Waals surface area contributed by atoms with Gasteiger partial charge in [-0.15, -0.1) is 5.10 Å². The Morgan fingerprint density at radius 3 is 2.60 bits per heavy atom. The smallest absolute Gasteiger partial charge is 0.410 e. The van der Waals surface area contributed by atoms with Gasteiger partial charge in [0, 0.05) is 38.3 Å². The number of sulfone groups is 1. The predicted molar refractivity (Wildman–Crippen MR) is 146 cm³/mol. The summed E-state index contributed by atoms with van der Waals surface area (Å²) in [5.41, 5.74) is 0.109. The van der Waals surface area contributed by atoms with Crippen molar-refractivity contribution in [2.75, 3.05) is 55.0 Å². The fourth-order valence-electron chi connectivity index (χ4n) is 4.73. The molecule has 15 heteroatoms. The molecule has 0 radical (unpaired) electrons. The Kier molecular flexibility index (Phi) is 7.42. The average molecular weight is 577 g/mol. The minimum absolute atomic E-state index is 0.00496. The van der Waals surface area contributed by atoms with E-state index in [9.17, 15) is 13.2 Å². The summed E-state index contributed by atoms with van der Waals surface area (Å²) in [6.07, 6.45) is 3.71. The first-order valence-electron chi connectivity index (χ1n) is 13.1. The number of fused-ring (bicyclic) bond motifs is 1. The highest BCUT2D eigenvalue weighted by atomic mass is 32.2. The van der Waals surface area contributed by atoms with Gasteiger partial charge in [-0.3, -0.25) is 0 Å². The van der Waals surface area contributed by atoms with E-state index in [1.165, 1.54) is 17.8 Å². The van der Waals surface area contributed by atoms with Crippen molar-refractivity contribution in [1.29, 1.82) is 0 Å². The zero-order valence-corrected chi connectivity index (χ0v) is 23.7. The molecule has 2 saturated heterocycles. The molecule has 5 rings (SSSR count). The monoisotopic (exact) mass is 576 g/mol. The summed E-state index contributed by atoms with van der Waals surface area (Å²) < 4.78 is 51.4. The van der Waals surface area contributed by atoms with Crippen LogP contribution in [-0.4, -0.2) is 100 Å². The molecule has 40 heavy (non-hydrogen) atoms. The third kappa shape index (κ3) is 6.03. The SMILES string of the molecule is COc1cc2ncc(-c3nc(NC4CCCN(C(=O)OC(C)(C)C)C4)ncc3F)n2nc1N1CCS(=O)(=O)CC1. The molecule has 1 N–H and O–H groups in total. The number of halogens is 1. The fourth-order valence-corrected chi connectivity index (χ4v) is 5.93. The second kappa shape index (κ2) is 10.7. The number of nitrogens with zero attached hydrogens (tertiary/aromatic N) is 7. The number of likely N-dealkylation sites (tertiary alicyclic amines) is 1. The van der Waals surface area contributed by atoms with Crippen molar-refractivity contribution in [3.8, 4) is 17.1 Å². The maximum atomic E-state index is 15.1. The lowest BCUT2D eigenvalue weighted by atomic mass is 10.1. The van der Waals surface area contributed by atoms with Gasteiger partial charge in [-0.05, 0) is 33.6 Å². The second-order valence-corrected chi connectivity index (χ2v) is 13.2. The molecule has 2 aliphatic heterocycles. The van der Waals surface area contributed by atoms with Crippen LogP contribution >= 0.6 is 0 Å². The number of anilines is 2. The summed E-state index contributed by atoms with van der Waals surface area (Å²) in [4.78, 5) is 28.9. The molecule has 2 aliphatic rings. The fraction of sp³-hybridized carbons (Fsp3) is 0.560. The minimum Gasteiger partial charge on any atom is -0.493 e. The van der Waals surface area contributed by atoms with E-state index in [0.717, 1.165) is 19.0 Å². The zero-order valence-electron chi connectivity index (χ0n) is 22.9. The van der Waals surface area contributed by atoms with Crippen LogP contribution < -0.4 is 15.0 Å². The molecule has 0 saturated carbocycles. The van der Waals surface area contributed by atoms with Crippen LogP contribution in [0.5, 0.6) is 5.75 Å². The number of ether oxygens (including phenoxy) is 2. The number of nitrogens with one attached hydrogen (secondary N) is 1. The van der Waals surface area contributed by atoms with E-state index in [4.69, 9.17) is 9.47 Å². The Morgan fingerprint density at radius 2 is 1.90 bits per heavy atom.